The molecule has 0 aliphatic heterocycles. The largest absolute Gasteiger partial charge is 0.330 e. The van der Waals surface area contributed by atoms with E-state index >= 15 is 0 Å². The van der Waals surface area contributed by atoms with Gasteiger partial charge in [-0.2, -0.15) is 0 Å². The van der Waals surface area contributed by atoms with Gasteiger partial charge in [-0.05, 0) is 18.1 Å². The summed E-state index contributed by atoms with van der Waals surface area (Å²) in [6.07, 6.45) is 0.708. The molecule has 0 atom stereocenters. The number of hydrogen-bond donors (Lipinski definition) is 3. The molecule has 5 nitrogen and oxygen atoms in total. The molecule has 0 saturated carbocycles. The number of rotatable bonds is 6. The highest BCUT2D eigenvalue weighted by Gasteiger charge is 2.09. The Bertz CT molecular complexity index is 444. The molecule has 0 fully saturated rings. The second-order valence-corrected chi connectivity index (χ2v) is 4.78. The fraction of sp³-hybridized carbons (Fsp3) is 0.429. The summed E-state index contributed by atoms with van der Waals surface area (Å²) in [5.41, 5.74) is 6.53. The monoisotopic (exact) mass is 263 g/mol. The number of nitrogens with two attached hydrogens (primary N) is 1. The molecule has 0 aromatic heterocycles. The summed E-state index contributed by atoms with van der Waals surface area (Å²) >= 11 is 0. The molecule has 1 aromatic rings. The van der Waals surface area contributed by atoms with Gasteiger partial charge in [0, 0.05) is 19.4 Å². The molecule has 0 unspecified atom stereocenters. The number of anilines is 2. The van der Waals surface area contributed by atoms with E-state index < -0.39 is 0 Å². The van der Waals surface area contributed by atoms with Gasteiger partial charge in [-0.25, -0.2) is 0 Å². The third kappa shape index (κ3) is 5.52. The Labute approximate surface area is 113 Å². The summed E-state index contributed by atoms with van der Waals surface area (Å²) in [6, 6.07) is 7.12. The van der Waals surface area contributed by atoms with Gasteiger partial charge in [0.05, 0.1) is 11.4 Å². The lowest BCUT2D eigenvalue weighted by Gasteiger charge is -2.12. The number of carbonyl (C=O) groups is 2. The summed E-state index contributed by atoms with van der Waals surface area (Å²) in [7, 11) is 0. The lowest BCUT2D eigenvalue weighted by atomic mass is 10.1. The van der Waals surface area contributed by atoms with Crippen molar-refractivity contribution in [3.63, 3.8) is 0 Å². The molecule has 104 valence electrons. The van der Waals surface area contributed by atoms with Crippen LogP contribution in [-0.2, 0) is 9.59 Å². The summed E-state index contributed by atoms with van der Waals surface area (Å²) < 4.78 is 0. The zero-order chi connectivity index (χ0) is 14.3. The van der Waals surface area contributed by atoms with Crippen LogP contribution < -0.4 is 16.4 Å². The molecule has 0 aliphatic carbocycles. The number of para-hydroxylation sites is 2. The van der Waals surface area contributed by atoms with Crippen molar-refractivity contribution in [2.24, 2.45) is 11.7 Å². The first kappa shape index (κ1) is 15.2. The van der Waals surface area contributed by atoms with Crippen molar-refractivity contribution in [1.29, 1.82) is 0 Å². The second kappa shape index (κ2) is 7.53. The molecule has 0 radical (unpaired) electrons. The van der Waals surface area contributed by atoms with E-state index in [1.807, 2.05) is 19.9 Å². The van der Waals surface area contributed by atoms with E-state index in [0.29, 0.717) is 30.3 Å². The zero-order valence-electron chi connectivity index (χ0n) is 11.4. The van der Waals surface area contributed by atoms with Crippen LogP contribution in [0.25, 0.3) is 0 Å². The number of nitrogens with one attached hydrogen (secondary N) is 2. The van der Waals surface area contributed by atoms with Crippen LogP contribution in [0, 0.1) is 5.92 Å². The lowest BCUT2D eigenvalue weighted by Crippen LogP contribution is -2.19. The Morgan fingerprint density at radius 1 is 1.11 bits per heavy atom. The minimum atomic E-state index is -0.159. The maximum absolute atomic E-state index is 11.7. The predicted molar refractivity (Wildman–Crippen MR) is 76.8 cm³/mol. The third-order valence-electron chi connectivity index (χ3n) is 2.44. The summed E-state index contributed by atoms with van der Waals surface area (Å²) in [5, 5.41) is 5.54. The van der Waals surface area contributed by atoms with Crippen molar-refractivity contribution in [3.05, 3.63) is 24.3 Å². The molecule has 19 heavy (non-hydrogen) atoms. The average molecular weight is 263 g/mol. The molecular weight excluding hydrogens is 242 g/mol. The molecule has 0 bridgehead atoms. The fourth-order valence-electron chi connectivity index (χ4n) is 1.62. The molecule has 0 saturated heterocycles. The van der Waals surface area contributed by atoms with Crippen LogP contribution in [0.4, 0.5) is 11.4 Å². The predicted octanol–water partition coefficient (Wildman–Crippen LogP) is 1.96. The van der Waals surface area contributed by atoms with E-state index in [2.05, 4.69) is 10.6 Å². The van der Waals surface area contributed by atoms with Gasteiger partial charge >= 0.3 is 0 Å². The molecule has 0 spiro atoms. The van der Waals surface area contributed by atoms with Crippen LogP contribution in [0.3, 0.4) is 0 Å². The SMILES string of the molecule is CC(C)CC(=O)Nc1ccccc1NC(=O)CCN. The first-order chi connectivity index (χ1) is 9.02. The summed E-state index contributed by atoms with van der Waals surface area (Å²) in [4.78, 5) is 23.3. The smallest absolute Gasteiger partial charge is 0.225 e. The van der Waals surface area contributed by atoms with E-state index in [1.165, 1.54) is 0 Å². The van der Waals surface area contributed by atoms with E-state index in [0.717, 1.165) is 0 Å². The molecule has 1 aromatic carbocycles. The first-order valence-electron chi connectivity index (χ1n) is 6.41. The fourth-order valence-corrected chi connectivity index (χ4v) is 1.62. The van der Waals surface area contributed by atoms with E-state index in [9.17, 15) is 9.59 Å². The molecule has 5 heteroatoms. The van der Waals surface area contributed by atoms with Crippen LogP contribution in [0.15, 0.2) is 24.3 Å². The number of benzene rings is 1. The molecule has 0 aliphatic rings. The van der Waals surface area contributed by atoms with Gasteiger partial charge in [0.2, 0.25) is 11.8 Å². The third-order valence-corrected chi connectivity index (χ3v) is 2.44. The zero-order valence-corrected chi connectivity index (χ0v) is 11.4. The normalized spacial score (nSPS) is 10.3. The van der Waals surface area contributed by atoms with Crippen molar-refractivity contribution < 1.29 is 9.59 Å². The van der Waals surface area contributed by atoms with Gasteiger partial charge in [0.25, 0.3) is 0 Å². The van der Waals surface area contributed by atoms with Crippen molar-refractivity contribution in [2.45, 2.75) is 26.7 Å². The molecule has 0 heterocycles. The minimum Gasteiger partial charge on any atom is -0.330 e. The first-order valence-corrected chi connectivity index (χ1v) is 6.41. The maximum atomic E-state index is 11.7. The van der Waals surface area contributed by atoms with Crippen LogP contribution in [0.1, 0.15) is 26.7 Å². The van der Waals surface area contributed by atoms with Crippen LogP contribution >= 0.6 is 0 Å². The number of carbonyl (C=O) groups excluding carboxylic acids is 2. The van der Waals surface area contributed by atoms with Gasteiger partial charge in [-0.1, -0.05) is 26.0 Å². The van der Waals surface area contributed by atoms with Gasteiger partial charge < -0.3 is 16.4 Å². The number of hydrogen-bond acceptors (Lipinski definition) is 3. The highest BCUT2D eigenvalue weighted by atomic mass is 16.2. The highest BCUT2D eigenvalue weighted by Crippen LogP contribution is 2.21. The molecule has 1 rings (SSSR count). The average Bonchev–Trinajstić information content (AvgIpc) is 2.30. The van der Waals surface area contributed by atoms with Crippen LogP contribution in [0.5, 0.6) is 0 Å². The van der Waals surface area contributed by atoms with E-state index in [1.54, 1.807) is 18.2 Å². The summed E-state index contributed by atoms with van der Waals surface area (Å²) in [6.45, 7) is 4.26. The van der Waals surface area contributed by atoms with Crippen molar-refractivity contribution in [2.75, 3.05) is 17.2 Å². The molecule has 4 N–H and O–H groups in total. The van der Waals surface area contributed by atoms with E-state index in [4.69, 9.17) is 5.73 Å². The Kier molecular flexibility index (Phi) is 6.02. The van der Waals surface area contributed by atoms with Crippen LogP contribution in [-0.4, -0.2) is 18.4 Å². The van der Waals surface area contributed by atoms with Crippen LogP contribution in [0.2, 0.25) is 0 Å². The quantitative estimate of drug-likeness (QED) is 0.733. The topological polar surface area (TPSA) is 84.2 Å². The highest BCUT2D eigenvalue weighted by molar-refractivity contribution is 5.99. The lowest BCUT2D eigenvalue weighted by molar-refractivity contribution is -0.117. The van der Waals surface area contributed by atoms with Gasteiger partial charge in [0.15, 0.2) is 0 Å². The molecule has 2 amide bonds. The Morgan fingerprint density at radius 2 is 1.63 bits per heavy atom. The van der Waals surface area contributed by atoms with Gasteiger partial charge in [0.1, 0.15) is 0 Å². The van der Waals surface area contributed by atoms with E-state index in [-0.39, 0.29) is 18.2 Å². The van der Waals surface area contributed by atoms with Crippen molar-refractivity contribution in [1.82, 2.24) is 0 Å². The minimum absolute atomic E-state index is 0.0597. The van der Waals surface area contributed by atoms with Gasteiger partial charge in [-0.15, -0.1) is 0 Å². The maximum Gasteiger partial charge on any atom is 0.225 e. The van der Waals surface area contributed by atoms with Crippen molar-refractivity contribution in [3.8, 4) is 0 Å². The van der Waals surface area contributed by atoms with Crippen molar-refractivity contribution >= 4 is 23.2 Å². The number of amides is 2. The Balaban J connectivity index is 2.72. The van der Waals surface area contributed by atoms with Gasteiger partial charge in [-0.3, -0.25) is 9.59 Å². The second-order valence-electron chi connectivity index (χ2n) is 4.78. The molecular formula is C14H21N3O2. The Hall–Kier alpha value is -1.88. The summed E-state index contributed by atoms with van der Waals surface area (Å²) in [5.74, 6) is 0.0718. The Morgan fingerprint density at radius 3 is 2.11 bits per heavy atom. The standard InChI is InChI=1S/C14H21N3O2/c1-10(2)9-14(19)17-12-6-4-3-5-11(12)16-13(18)7-8-15/h3-6,10H,7-9,15H2,1-2H3,(H,16,18)(H,17,19).